The Kier molecular flexibility index (Phi) is 15.6. The zero-order chi connectivity index (χ0) is 50.4. The fraction of sp³-hybridized carbons (Fsp3) is 0.268. The van der Waals surface area contributed by atoms with Gasteiger partial charge in [0.2, 0.25) is 0 Å². The second-order valence-corrected chi connectivity index (χ2v) is 18.9. The van der Waals surface area contributed by atoms with Gasteiger partial charge >= 0.3 is 27.3 Å². The van der Waals surface area contributed by atoms with Crippen LogP contribution in [-0.4, -0.2) is 114 Å². The molecule has 0 bridgehead atoms. The number of carbonyl (C=O) groups is 2. The van der Waals surface area contributed by atoms with E-state index in [9.17, 15) is 45.6 Å². The summed E-state index contributed by atoms with van der Waals surface area (Å²) >= 11 is 4.74. The molecule has 4 aromatic heterocycles. The van der Waals surface area contributed by atoms with Gasteiger partial charge < -0.3 is 49.1 Å². The number of hydrogen-bond acceptors (Lipinski definition) is 14. The third kappa shape index (κ3) is 14.8. The number of hydrogen-bond donors (Lipinski definition) is 7. The number of alkyl halides is 6. The Hall–Kier alpha value is -6.50. The van der Waals surface area contributed by atoms with Crippen molar-refractivity contribution in [2.24, 2.45) is 0 Å². The lowest BCUT2D eigenvalue weighted by Crippen LogP contribution is -2.24. The van der Waals surface area contributed by atoms with Crippen molar-refractivity contribution >= 4 is 61.8 Å². The van der Waals surface area contributed by atoms with Crippen LogP contribution in [0.4, 0.5) is 45.0 Å². The van der Waals surface area contributed by atoms with E-state index in [1.807, 2.05) is 4.90 Å². The number of aromatic amines is 2. The lowest BCUT2D eigenvalue weighted by atomic mass is 10.1. The third-order valence-electron chi connectivity index (χ3n) is 10.1. The smallest absolute Gasteiger partial charge is 0.420 e. The van der Waals surface area contributed by atoms with E-state index in [1.54, 1.807) is 35.4 Å². The predicted molar refractivity (Wildman–Crippen MR) is 242 cm³/mol. The maximum Gasteiger partial charge on any atom is 0.573 e. The van der Waals surface area contributed by atoms with Crippen molar-refractivity contribution in [3.8, 4) is 34.0 Å². The normalized spacial score (nSPS) is 17.1. The Bertz CT molecular complexity index is 2660. The van der Waals surface area contributed by atoms with E-state index < -0.39 is 57.1 Å². The maximum atomic E-state index is 12.8. The standard InChI is InChI=1S/C21H21F3N5O5P.C20H19ClF2N5O6P/c1-35(31,32)34-16-7-9-29(12-16)19-17(18-6-8-26-28-18)10-13(11-25-19)20(30)27-14-2-4-15(5-3-14)33-21(22,23)24;21-20(22,23)33-14-3-1-13(2-4-14)26-19(29)12-9-16(17-5-7-25-27-17)18(24-10-12)28-8-6-15(11-28)34-35(30,31)32/h2-6,8,10-11,16H,7,9,12H2,1H3,(H,26,28)(H,27,30)(H,31,32);1-5,7,9-10,15H,6,8,11H2,(H,25,27)(H,26,29)(H2,30,31,32)/t16-;15-/m11/s1. The highest BCUT2D eigenvalue weighted by molar-refractivity contribution is 7.51. The number of ether oxygens (including phenoxy) is 2. The van der Waals surface area contributed by atoms with Crippen LogP contribution in [0.15, 0.2) is 97.6 Å². The van der Waals surface area contributed by atoms with Crippen molar-refractivity contribution in [3.05, 3.63) is 109 Å². The molecule has 70 heavy (non-hydrogen) atoms. The molecule has 7 N–H and O–H groups in total. The number of aromatic nitrogens is 6. The average Bonchev–Trinajstić information content (AvgIpc) is 4.13. The zero-order valence-electron chi connectivity index (χ0n) is 36.1. The number of benzene rings is 2. The van der Waals surface area contributed by atoms with Crippen LogP contribution >= 0.6 is 27.0 Å². The lowest BCUT2D eigenvalue weighted by molar-refractivity contribution is -0.274. The largest absolute Gasteiger partial charge is 0.573 e. The van der Waals surface area contributed by atoms with Crippen molar-refractivity contribution in [1.29, 1.82) is 0 Å². The molecule has 6 aromatic rings. The second kappa shape index (κ2) is 21.2. The number of H-pyrrole nitrogens is 2. The molecule has 2 amide bonds. The van der Waals surface area contributed by atoms with Crippen molar-refractivity contribution in [3.63, 3.8) is 0 Å². The van der Waals surface area contributed by atoms with E-state index in [2.05, 4.69) is 50.5 Å². The van der Waals surface area contributed by atoms with Crippen molar-refractivity contribution < 1.29 is 73.9 Å². The molecular weight excluding hydrogens is 1000 g/mol. The van der Waals surface area contributed by atoms with Crippen LogP contribution in [0.25, 0.3) is 22.5 Å². The minimum atomic E-state index is -4.81. The summed E-state index contributed by atoms with van der Waals surface area (Å²) in [6, 6.07) is 16.6. The minimum Gasteiger partial charge on any atom is -0.420 e. The van der Waals surface area contributed by atoms with Crippen molar-refractivity contribution in [2.75, 3.05) is 53.3 Å². The van der Waals surface area contributed by atoms with E-state index in [0.29, 0.717) is 72.3 Å². The van der Waals surface area contributed by atoms with Crippen LogP contribution < -0.4 is 29.9 Å². The minimum absolute atomic E-state index is 0.179. The lowest BCUT2D eigenvalue weighted by Gasteiger charge is -2.21. The number of rotatable bonds is 15. The molecule has 21 nitrogen and oxygen atoms in total. The van der Waals surface area contributed by atoms with E-state index in [0.717, 1.165) is 18.8 Å². The van der Waals surface area contributed by atoms with Gasteiger partial charge in [0.05, 0.1) is 34.7 Å². The summed E-state index contributed by atoms with van der Waals surface area (Å²) in [7, 11) is -8.27. The quantitative estimate of drug-likeness (QED) is 0.0296. The van der Waals surface area contributed by atoms with Crippen LogP contribution in [-0.2, 0) is 18.2 Å². The van der Waals surface area contributed by atoms with Gasteiger partial charge in [-0.15, -0.1) is 22.0 Å². The van der Waals surface area contributed by atoms with Crippen LogP contribution in [0.3, 0.4) is 0 Å². The van der Waals surface area contributed by atoms with E-state index in [4.69, 9.17) is 30.4 Å². The molecule has 0 radical (unpaired) electrons. The van der Waals surface area contributed by atoms with Crippen LogP contribution in [0.2, 0.25) is 0 Å². The predicted octanol–water partition coefficient (Wildman–Crippen LogP) is 7.61. The summed E-state index contributed by atoms with van der Waals surface area (Å²) in [5.41, 5.74) is -0.559. The molecule has 29 heteroatoms. The summed E-state index contributed by atoms with van der Waals surface area (Å²) in [6.07, 6.45) is 0.780. The van der Waals surface area contributed by atoms with Gasteiger partial charge in [-0.3, -0.25) is 28.9 Å². The van der Waals surface area contributed by atoms with Gasteiger partial charge in [-0.25, -0.2) is 14.5 Å². The van der Waals surface area contributed by atoms with Gasteiger partial charge in [0.1, 0.15) is 23.1 Å². The molecular formula is C41H40ClF5N10O11P2. The third-order valence-corrected chi connectivity index (χ3v) is 11.4. The Morgan fingerprint density at radius 1 is 0.700 bits per heavy atom. The number of pyridine rings is 2. The van der Waals surface area contributed by atoms with Crippen LogP contribution in [0.5, 0.6) is 11.5 Å². The number of nitrogens with zero attached hydrogens (tertiary/aromatic N) is 6. The zero-order valence-corrected chi connectivity index (χ0v) is 38.6. The Labute approximate surface area is 398 Å². The Balaban J connectivity index is 0.000000206. The summed E-state index contributed by atoms with van der Waals surface area (Å²) in [5.74, 6) is -0.603. The van der Waals surface area contributed by atoms with Gasteiger partial charge in [-0.1, -0.05) is 0 Å². The van der Waals surface area contributed by atoms with E-state index >= 15 is 0 Å². The van der Waals surface area contributed by atoms with E-state index in [1.165, 1.54) is 55.0 Å². The summed E-state index contributed by atoms with van der Waals surface area (Å²) < 4.78 is 103. The molecule has 372 valence electrons. The Morgan fingerprint density at radius 3 is 1.50 bits per heavy atom. The monoisotopic (exact) mass is 1040 g/mol. The van der Waals surface area contributed by atoms with E-state index in [-0.39, 0.29) is 29.1 Å². The van der Waals surface area contributed by atoms with Crippen molar-refractivity contribution in [1.82, 2.24) is 30.4 Å². The molecule has 8 rings (SSSR count). The van der Waals surface area contributed by atoms with Gasteiger partial charge in [0.15, 0.2) is 0 Å². The molecule has 0 saturated carbocycles. The molecule has 1 unspecified atom stereocenters. The SMILES string of the molecule is CP(=O)(O)O[C@@H]1CCN(c2ncc(C(=O)Nc3ccc(OC(F)(F)F)cc3)cc2-c2ccn[nH]2)C1.O=C(Nc1ccc(OC(F)(F)Cl)cc1)c1cnc(N2CC[C@@H](OP(=O)(O)O)C2)c(-c2ccn[nH]2)c1. The molecule has 2 aromatic carbocycles. The number of anilines is 4. The first kappa shape index (κ1) is 51.4. The first-order valence-corrected chi connectivity index (χ1v) is 24.4. The first-order valence-electron chi connectivity index (χ1n) is 20.5. The molecule has 2 saturated heterocycles. The van der Waals surface area contributed by atoms with Gasteiger partial charge in [0, 0.05) is 91.7 Å². The maximum absolute atomic E-state index is 12.8. The van der Waals surface area contributed by atoms with Crippen molar-refractivity contribution in [2.45, 2.75) is 37.0 Å². The number of phosphoric acid groups is 1. The summed E-state index contributed by atoms with van der Waals surface area (Å²) in [4.78, 5) is 65.8. The molecule has 6 heterocycles. The average molecular weight is 1040 g/mol. The summed E-state index contributed by atoms with van der Waals surface area (Å²) in [5, 5.41) is 18.8. The highest BCUT2D eigenvalue weighted by Crippen LogP contribution is 2.42. The molecule has 2 aliphatic rings. The number of halogens is 6. The highest BCUT2D eigenvalue weighted by atomic mass is 35.5. The fourth-order valence-corrected chi connectivity index (χ4v) is 8.62. The number of phosphoric ester groups is 1. The fourth-order valence-electron chi connectivity index (χ4n) is 7.25. The molecule has 2 fully saturated rings. The topological polar surface area (TPSA) is 280 Å². The molecule has 0 spiro atoms. The Morgan fingerprint density at radius 2 is 1.13 bits per heavy atom. The van der Waals surface area contributed by atoms with Gasteiger partial charge in [-0.05, 0) is 85.6 Å². The molecule has 3 atom stereocenters. The van der Waals surface area contributed by atoms with Crippen LogP contribution in [0.1, 0.15) is 33.6 Å². The molecule has 0 aliphatic carbocycles. The second-order valence-electron chi connectivity index (χ2n) is 15.4. The van der Waals surface area contributed by atoms with Gasteiger partial charge in [0.25, 0.3) is 11.8 Å². The first-order chi connectivity index (χ1) is 32.9. The number of amides is 2. The van der Waals surface area contributed by atoms with Gasteiger partial charge in [-0.2, -0.15) is 10.2 Å². The van der Waals surface area contributed by atoms with Crippen LogP contribution in [0, 0.1) is 0 Å². The molecule has 2 aliphatic heterocycles. The highest BCUT2D eigenvalue weighted by Gasteiger charge is 2.34. The number of carbonyl (C=O) groups excluding carboxylic acids is 2. The summed E-state index contributed by atoms with van der Waals surface area (Å²) in [6.45, 7) is 2.62. The number of nitrogens with one attached hydrogen (secondary N) is 4.